The molecule has 1 aromatic rings. The number of aliphatic carboxylic acids is 1. The van der Waals surface area contributed by atoms with Crippen LogP contribution in [0.3, 0.4) is 0 Å². The van der Waals surface area contributed by atoms with Crippen LogP contribution in [0.25, 0.3) is 0 Å². The zero-order valence-corrected chi connectivity index (χ0v) is 14.8. The number of hydrogen-bond donors (Lipinski definition) is 2. The van der Waals surface area contributed by atoms with Crippen LogP contribution in [0.4, 0.5) is 23.7 Å². The predicted molar refractivity (Wildman–Crippen MR) is 90.2 cm³/mol. The SMILES string of the molecule is CC(CN(C)C(=O)NC1CC(=O)N(c2cccc(C(F)(F)F)c2)C1)C(=O)O. The Labute approximate surface area is 153 Å². The summed E-state index contributed by atoms with van der Waals surface area (Å²) in [6.07, 6.45) is -4.57. The zero-order chi connectivity index (χ0) is 20.4. The van der Waals surface area contributed by atoms with E-state index in [9.17, 15) is 27.6 Å². The van der Waals surface area contributed by atoms with E-state index in [0.29, 0.717) is 0 Å². The third-order valence-electron chi connectivity index (χ3n) is 4.25. The van der Waals surface area contributed by atoms with Crippen molar-refractivity contribution >= 4 is 23.6 Å². The standard InChI is InChI=1S/C17H20F3N3O4/c1-10(15(25)26)8-22(2)16(27)21-12-7-14(24)23(9-12)13-5-3-4-11(6-13)17(18,19)20/h3-6,10,12H,7-9H2,1-2H3,(H,21,27)(H,25,26). The smallest absolute Gasteiger partial charge is 0.416 e. The van der Waals surface area contributed by atoms with E-state index in [2.05, 4.69) is 5.32 Å². The lowest BCUT2D eigenvalue weighted by atomic mass is 10.2. The van der Waals surface area contributed by atoms with Crippen LogP contribution >= 0.6 is 0 Å². The van der Waals surface area contributed by atoms with E-state index in [1.165, 1.54) is 35.9 Å². The number of nitrogens with zero attached hydrogens (tertiary/aromatic N) is 2. The Kier molecular flexibility index (Phi) is 5.97. The minimum atomic E-state index is -4.52. The van der Waals surface area contributed by atoms with Gasteiger partial charge in [0.2, 0.25) is 5.91 Å². The van der Waals surface area contributed by atoms with E-state index in [0.717, 1.165) is 12.1 Å². The van der Waals surface area contributed by atoms with Crippen LogP contribution in [0.1, 0.15) is 18.9 Å². The molecular formula is C17H20F3N3O4. The first-order chi connectivity index (χ1) is 12.5. The van der Waals surface area contributed by atoms with E-state index >= 15 is 0 Å². The second-order valence-corrected chi connectivity index (χ2v) is 6.52. The number of carbonyl (C=O) groups excluding carboxylic acids is 2. The molecule has 1 aromatic carbocycles. The van der Waals surface area contributed by atoms with Gasteiger partial charge in [0.05, 0.1) is 17.5 Å². The Balaban J connectivity index is 2.01. The first-order valence-electron chi connectivity index (χ1n) is 8.21. The van der Waals surface area contributed by atoms with Crippen LogP contribution in [0, 0.1) is 5.92 Å². The van der Waals surface area contributed by atoms with Crippen LogP contribution in [0.5, 0.6) is 0 Å². The lowest BCUT2D eigenvalue weighted by Crippen LogP contribution is -2.46. The molecule has 0 spiro atoms. The molecule has 27 heavy (non-hydrogen) atoms. The fourth-order valence-electron chi connectivity index (χ4n) is 2.76. The lowest BCUT2D eigenvalue weighted by molar-refractivity contribution is -0.141. The molecule has 0 bridgehead atoms. The van der Waals surface area contributed by atoms with E-state index < -0.39 is 41.6 Å². The highest BCUT2D eigenvalue weighted by molar-refractivity contribution is 5.96. The molecule has 1 aliphatic rings. The molecule has 0 aliphatic carbocycles. The van der Waals surface area contributed by atoms with Crippen molar-refractivity contribution in [3.63, 3.8) is 0 Å². The Morgan fingerprint density at radius 1 is 1.41 bits per heavy atom. The van der Waals surface area contributed by atoms with Gasteiger partial charge < -0.3 is 20.2 Å². The normalized spacial score (nSPS) is 18.3. The first-order valence-corrected chi connectivity index (χ1v) is 8.21. The van der Waals surface area contributed by atoms with Gasteiger partial charge in [-0.25, -0.2) is 4.79 Å². The highest BCUT2D eigenvalue weighted by atomic mass is 19.4. The molecular weight excluding hydrogens is 367 g/mol. The maximum atomic E-state index is 12.8. The van der Waals surface area contributed by atoms with Crippen LogP contribution < -0.4 is 10.2 Å². The van der Waals surface area contributed by atoms with Gasteiger partial charge in [0, 0.05) is 32.2 Å². The summed E-state index contributed by atoms with van der Waals surface area (Å²) in [5.74, 6) is -2.20. The molecule has 1 heterocycles. The molecule has 2 N–H and O–H groups in total. The minimum absolute atomic E-state index is 0.0147. The summed E-state index contributed by atoms with van der Waals surface area (Å²) in [4.78, 5) is 37.5. The van der Waals surface area contributed by atoms with E-state index in [1.807, 2.05) is 0 Å². The van der Waals surface area contributed by atoms with E-state index in [1.54, 1.807) is 0 Å². The number of rotatable bonds is 5. The minimum Gasteiger partial charge on any atom is -0.481 e. The molecule has 10 heteroatoms. The van der Waals surface area contributed by atoms with Crippen molar-refractivity contribution in [2.45, 2.75) is 25.6 Å². The Hall–Kier alpha value is -2.78. The second-order valence-electron chi connectivity index (χ2n) is 6.52. The van der Waals surface area contributed by atoms with Crippen LogP contribution in [0.2, 0.25) is 0 Å². The van der Waals surface area contributed by atoms with Crippen LogP contribution in [0.15, 0.2) is 24.3 Å². The van der Waals surface area contributed by atoms with Gasteiger partial charge in [0.1, 0.15) is 0 Å². The summed E-state index contributed by atoms with van der Waals surface area (Å²) in [6.45, 7) is 1.48. The Bertz CT molecular complexity index is 738. The number of carboxylic acid groups (broad SMARTS) is 1. The fraction of sp³-hybridized carbons (Fsp3) is 0.471. The van der Waals surface area contributed by atoms with Gasteiger partial charge in [0.15, 0.2) is 0 Å². The molecule has 7 nitrogen and oxygen atoms in total. The summed E-state index contributed by atoms with van der Waals surface area (Å²) >= 11 is 0. The van der Waals surface area contributed by atoms with Gasteiger partial charge in [-0.05, 0) is 18.2 Å². The van der Waals surface area contributed by atoms with Crippen molar-refractivity contribution in [2.75, 3.05) is 25.0 Å². The number of carboxylic acids is 1. The maximum absolute atomic E-state index is 12.8. The van der Waals surface area contributed by atoms with Crippen LogP contribution in [-0.4, -0.2) is 54.1 Å². The second kappa shape index (κ2) is 7.85. The van der Waals surface area contributed by atoms with Gasteiger partial charge in [0.25, 0.3) is 0 Å². The molecule has 2 rings (SSSR count). The van der Waals surface area contributed by atoms with Gasteiger partial charge in [-0.3, -0.25) is 9.59 Å². The molecule has 3 amide bonds. The molecule has 0 aromatic heterocycles. The summed E-state index contributed by atoms with van der Waals surface area (Å²) in [6, 6.07) is 3.30. The Morgan fingerprint density at radius 2 is 2.07 bits per heavy atom. The molecule has 1 saturated heterocycles. The van der Waals surface area contributed by atoms with Crippen molar-refractivity contribution in [1.29, 1.82) is 0 Å². The average molecular weight is 387 g/mol. The molecule has 2 atom stereocenters. The maximum Gasteiger partial charge on any atom is 0.416 e. The molecule has 148 valence electrons. The highest BCUT2D eigenvalue weighted by Crippen LogP contribution is 2.32. The van der Waals surface area contributed by atoms with E-state index in [-0.39, 0.29) is 25.2 Å². The number of amides is 3. The molecule has 2 unspecified atom stereocenters. The summed E-state index contributed by atoms with van der Waals surface area (Å²) in [5, 5.41) is 11.5. The topological polar surface area (TPSA) is 90.0 Å². The summed E-state index contributed by atoms with van der Waals surface area (Å²) in [5.41, 5.74) is -0.748. The molecule has 0 radical (unpaired) electrons. The summed E-state index contributed by atoms with van der Waals surface area (Å²) in [7, 11) is 1.43. The third-order valence-corrected chi connectivity index (χ3v) is 4.25. The van der Waals surface area contributed by atoms with E-state index in [4.69, 9.17) is 5.11 Å². The van der Waals surface area contributed by atoms with Gasteiger partial charge in [-0.15, -0.1) is 0 Å². The van der Waals surface area contributed by atoms with Gasteiger partial charge in [-0.1, -0.05) is 13.0 Å². The Morgan fingerprint density at radius 3 is 2.67 bits per heavy atom. The predicted octanol–water partition coefficient (Wildman–Crippen LogP) is 2.17. The number of hydrogen-bond acceptors (Lipinski definition) is 3. The van der Waals surface area contributed by atoms with Crippen molar-refractivity contribution in [1.82, 2.24) is 10.2 Å². The fourth-order valence-corrected chi connectivity index (χ4v) is 2.76. The number of alkyl halides is 3. The number of nitrogens with one attached hydrogen (secondary N) is 1. The van der Waals surface area contributed by atoms with Crippen molar-refractivity contribution in [2.24, 2.45) is 5.92 Å². The lowest BCUT2D eigenvalue weighted by Gasteiger charge is -2.23. The zero-order valence-electron chi connectivity index (χ0n) is 14.8. The number of benzene rings is 1. The number of carbonyl (C=O) groups is 3. The van der Waals surface area contributed by atoms with Gasteiger partial charge >= 0.3 is 18.2 Å². The van der Waals surface area contributed by atoms with Gasteiger partial charge in [-0.2, -0.15) is 13.2 Å². The largest absolute Gasteiger partial charge is 0.481 e. The summed E-state index contributed by atoms with van der Waals surface area (Å²) < 4.78 is 38.5. The quantitative estimate of drug-likeness (QED) is 0.810. The third kappa shape index (κ3) is 5.11. The molecule has 1 aliphatic heterocycles. The first kappa shape index (κ1) is 20.5. The van der Waals surface area contributed by atoms with Crippen molar-refractivity contribution in [3.05, 3.63) is 29.8 Å². The van der Waals surface area contributed by atoms with Crippen molar-refractivity contribution < 1.29 is 32.7 Å². The monoisotopic (exact) mass is 387 g/mol. The number of halogens is 3. The van der Waals surface area contributed by atoms with Crippen molar-refractivity contribution in [3.8, 4) is 0 Å². The number of urea groups is 1. The molecule has 0 saturated carbocycles. The average Bonchev–Trinajstić information content (AvgIpc) is 2.94. The number of anilines is 1. The molecule has 1 fully saturated rings. The van der Waals surface area contributed by atoms with Crippen LogP contribution in [-0.2, 0) is 15.8 Å². The highest BCUT2D eigenvalue weighted by Gasteiger charge is 2.35.